The van der Waals surface area contributed by atoms with Crippen LogP contribution in [0.3, 0.4) is 0 Å². The first-order chi connectivity index (χ1) is 7.86. The molecule has 0 atom stereocenters. The highest BCUT2D eigenvalue weighted by atomic mass is 16.5. The summed E-state index contributed by atoms with van der Waals surface area (Å²) in [5, 5.41) is 0. The normalized spacial score (nSPS) is 9.50. The lowest BCUT2D eigenvalue weighted by Gasteiger charge is -2.04. The van der Waals surface area contributed by atoms with Crippen molar-refractivity contribution in [3.05, 3.63) is 35.4 Å². The molecule has 0 unspecified atom stereocenters. The maximum Gasteiger partial charge on any atom is 0.0716 e. The van der Waals surface area contributed by atoms with Gasteiger partial charge < -0.3 is 10.5 Å². The van der Waals surface area contributed by atoms with Crippen molar-refractivity contribution >= 4 is 0 Å². The minimum Gasteiger partial charge on any atom is -0.377 e. The molecule has 1 aromatic rings. The molecule has 16 heavy (non-hydrogen) atoms. The maximum atomic E-state index is 5.48. The summed E-state index contributed by atoms with van der Waals surface area (Å²) in [4.78, 5) is 0. The van der Waals surface area contributed by atoms with Gasteiger partial charge in [0.2, 0.25) is 0 Å². The summed E-state index contributed by atoms with van der Waals surface area (Å²) in [6.07, 6.45) is 2.02. The molecule has 1 rings (SSSR count). The highest BCUT2D eigenvalue weighted by molar-refractivity contribution is 5.22. The fourth-order valence-electron chi connectivity index (χ4n) is 1.31. The second-order valence-corrected chi connectivity index (χ2v) is 3.37. The van der Waals surface area contributed by atoms with Crippen molar-refractivity contribution < 1.29 is 4.74 Å². The Hall–Kier alpha value is -0.860. The first-order valence-electron chi connectivity index (χ1n) is 6.22. The van der Waals surface area contributed by atoms with Gasteiger partial charge in [-0.2, -0.15) is 0 Å². The van der Waals surface area contributed by atoms with Crippen LogP contribution in [-0.4, -0.2) is 13.2 Å². The minimum atomic E-state index is 0.702. The summed E-state index contributed by atoms with van der Waals surface area (Å²) in [5.41, 5.74) is 7.99. The molecule has 0 aliphatic rings. The largest absolute Gasteiger partial charge is 0.377 e. The molecule has 0 fully saturated rings. The predicted molar refractivity (Wildman–Crippen MR) is 70.5 cm³/mol. The van der Waals surface area contributed by atoms with Crippen LogP contribution in [0.25, 0.3) is 0 Å². The molecule has 0 saturated heterocycles. The zero-order valence-electron chi connectivity index (χ0n) is 10.8. The number of rotatable bonds is 6. The van der Waals surface area contributed by atoms with Gasteiger partial charge in [-0.3, -0.25) is 0 Å². The number of nitrogens with two attached hydrogens (primary N) is 1. The molecular formula is C14H25NO. The van der Waals surface area contributed by atoms with E-state index in [1.807, 2.05) is 13.8 Å². The van der Waals surface area contributed by atoms with Crippen molar-refractivity contribution in [2.75, 3.05) is 13.2 Å². The summed E-state index contributed by atoms with van der Waals surface area (Å²) < 4.78 is 5.48. The second-order valence-electron chi connectivity index (χ2n) is 3.37. The van der Waals surface area contributed by atoms with E-state index in [9.17, 15) is 0 Å². The van der Waals surface area contributed by atoms with E-state index in [2.05, 4.69) is 31.2 Å². The zero-order valence-corrected chi connectivity index (χ0v) is 10.8. The van der Waals surface area contributed by atoms with Crippen LogP contribution in [0.5, 0.6) is 0 Å². The average Bonchev–Trinajstić information content (AvgIpc) is 2.37. The molecule has 0 aliphatic heterocycles. The van der Waals surface area contributed by atoms with Crippen LogP contribution in [0.4, 0.5) is 0 Å². The van der Waals surface area contributed by atoms with Gasteiger partial charge in [-0.1, -0.05) is 45.0 Å². The third kappa shape index (κ3) is 6.59. The Bertz CT molecular complexity index is 261. The fraction of sp³-hybridized carbons (Fsp3) is 0.571. The molecule has 0 spiro atoms. The molecule has 2 heteroatoms. The number of hydrogen-bond donors (Lipinski definition) is 1. The molecule has 2 nitrogen and oxygen atoms in total. The van der Waals surface area contributed by atoms with Crippen molar-refractivity contribution in [1.82, 2.24) is 0 Å². The van der Waals surface area contributed by atoms with Crippen molar-refractivity contribution in [1.29, 1.82) is 0 Å². The van der Waals surface area contributed by atoms with Crippen LogP contribution in [0.15, 0.2) is 24.3 Å². The van der Waals surface area contributed by atoms with Crippen LogP contribution in [0.2, 0.25) is 0 Å². The lowest BCUT2D eigenvalue weighted by atomic mass is 10.1. The van der Waals surface area contributed by atoms with Gasteiger partial charge in [0.15, 0.2) is 0 Å². The van der Waals surface area contributed by atoms with Gasteiger partial charge in [-0.25, -0.2) is 0 Å². The first kappa shape index (κ1) is 15.1. The van der Waals surface area contributed by atoms with Crippen molar-refractivity contribution in [3.63, 3.8) is 0 Å². The number of hydrogen-bond acceptors (Lipinski definition) is 2. The third-order valence-corrected chi connectivity index (χ3v) is 2.16. The molecular weight excluding hydrogens is 198 g/mol. The van der Waals surface area contributed by atoms with E-state index >= 15 is 0 Å². The summed E-state index contributed by atoms with van der Waals surface area (Å²) in [5.74, 6) is 0. The lowest BCUT2D eigenvalue weighted by Crippen LogP contribution is -2.04. The summed E-state index contributed by atoms with van der Waals surface area (Å²) in [6, 6.07) is 8.52. The Labute approximate surface area is 99.8 Å². The predicted octanol–water partition coefficient (Wildman–Crippen LogP) is 3.14. The SMILES string of the molecule is CC.CCc1cccc(COCCCN)c1. The standard InChI is InChI=1S/C12H19NO.C2H6/c1-2-11-5-3-6-12(9-11)10-14-8-4-7-13;1-2/h3,5-6,9H,2,4,7-8,10,13H2,1H3;1-2H3. The van der Waals surface area contributed by atoms with E-state index in [0.29, 0.717) is 13.2 Å². The third-order valence-electron chi connectivity index (χ3n) is 2.16. The summed E-state index contributed by atoms with van der Waals surface area (Å²) in [7, 11) is 0. The highest BCUT2D eigenvalue weighted by Gasteiger charge is 1.94. The van der Waals surface area contributed by atoms with E-state index in [4.69, 9.17) is 10.5 Å². The molecule has 0 saturated carbocycles. The second kappa shape index (κ2) is 10.7. The van der Waals surface area contributed by atoms with Gasteiger partial charge in [0.1, 0.15) is 0 Å². The van der Waals surface area contributed by atoms with Crippen LogP contribution in [-0.2, 0) is 17.8 Å². The monoisotopic (exact) mass is 223 g/mol. The molecule has 0 bridgehead atoms. The van der Waals surface area contributed by atoms with Gasteiger partial charge in [0, 0.05) is 6.61 Å². The van der Waals surface area contributed by atoms with E-state index in [0.717, 1.165) is 19.4 Å². The van der Waals surface area contributed by atoms with Crippen molar-refractivity contribution in [2.24, 2.45) is 5.73 Å². The van der Waals surface area contributed by atoms with Crippen LogP contribution in [0, 0.1) is 0 Å². The fourth-order valence-corrected chi connectivity index (χ4v) is 1.31. The van der Waals surface area contributed by atoms with Crippen LogP contribution >= 0.6 is 0 Å². The zero-order chi connectivity index (χ0) is 12.2. The lowest BCUT2D eigenvalue weighted by molar-refractivity contribution is 0.120. The molecule has 0 heterocycles. The smallest absolute Gasteiger partial charge is 0.0716 e. The Morgan fingerprint density at radius 3 is 2.50 bits per heavy atom. The number of benzene rings is 1. The first-order valence-corrected chi connectivity index (χ1v) is 6.22. The molecule has 2 N–H and O–H groups in total. The van der Waals surface area contributed by atoms with Gasteiger partial charge >= 0.3 is 0 Å². The Balaban J connectivity index is 0.00000106. The topological polar surface area (TPSA) is 35.2 Å². The Morgan fingerprint density at radius 2 is 1.88 bits per heavy atom. The number of aryl methyl sites for hydroxylation is 1. The quantitative estimate of drug-likeness (QED) is 0.752. The minimum absolute atomic E-state index is 0.702. The van der Waals surface area contributed by atoms with E-state index in [1.165, 1.54) is 11.1 Å². The average molecular weight is 223 g/mol. The summed E-state index contributed by atoms with van der Waals surface area (Å²) >= 11 is 0. The van der Waals surface area contributed by atoms with Gasteiger partial charge in [0.05, 0.1) is 6.61 Å². The Morgan fingerprint density at radius 1 is 1.19 bits per heavy atom. The van der Waals surface area contributed by atoms with Gasteiger partial charge in [0.25, 0.3) is 0 Å². The maximum absolute atomic E-state index is 5.48. The molecule has 0 aromatic heterocycles. The van der Waals surface area contributed by atoms with Crippen molar-refractivity contribution in [2.45, 2.75) is 40.2 Å². The van der Waals surface area contributed by atoms with Crippen LogP contribution < -0.4 is 5.73 Å². The molecule has 0 radical (unpaired) electrons. The highest BCUT2D eigenvalue weighted by Crippen LogP contribution is 2.07. The van der Waals surface area contributed by atoms with Gasteiger partial charge in [-0.05, 0) is 30.5 Å². The Kier molecular flexibility index (Phi) is 10.1. The van der Waals surface area contributed by atoms with E-state index in [1.54, 1.807) is 0 Å². The molecule has 92 valence electrons. The van der Waals surface area contributed by atoms with Crippen LogP contribution in [0.1, 0.15) is 38.3 Å². The van der Waals surface area contributed by atoms with Gasteiger partial charge in [-0.15, -0.1) is 0 Å². The molecule has 0 amide bonds. The molecule has 1 aromatic carbocycles. The van der Waals surface area contributed by atoms with Crippen molar-refractivity contribution in [3.8, 4) is 0 Å². The van der Waals surface area contributed by atoms with E-state index in [-0.39, 0.29) is 0 Å². The van der Waals surface area contributed by atoms with E-state index < -0.39 is 0 Å². The molecule has 0 aliphatic carbocycles. The number of ether oxygens (including phenoxy) is 1. The summed E-state index contributed by atoms with van der Waals surface area (Å²) in [6.45, 7) is 8.32.